The molecule has 0 aliphatic rings. The van der Waals surface area contributed by atoms with Crippen molar-refractivity contribution in [3.05, 3.63) is 34.6 Å². The van der Waals surface area contributed by atoms with Gasteiger partial charge in [0.2, 0.25) is 5.91 Å². The monoisotopic (exact) mass is 287 g/mol. The van der Waals surface area contributed by atoms with Gasteiger partial charge in [0, 0.05) is 5.92 Å². The first kappa shape index (κ1) is 15.4. The quantitative estimate of drug-likeness (QED) is 0.875. The van der Waals surface area contributed by atoms with Crippen LogP contribution >= 0.6 is 11.6 Å². The van der Waals surface area contributed by atoms with Crippen molar-refractivity contribution < 1.29 is 19.1 Å². The molecular weight excluding hydrogens is 273 g/mol. The van der Waals surface area contributed by atoms with Crippen molar-refractivity contribution in [2.75, 3.05) is 0 Å². The van der Waals surface area contributed by atoms with Crippen molar-refractivity contribution in [2.45, 2.75) is 26.3 Å². The number of carbonyl (C=O) groups excluding carboxylic acids is 1. The Hall–Kier alpha value is -1.62. The Morgan fingerprint density at radius 2 is 2.11 bits per heavy atom. The Balaban J connectivity index is 2.98. The number of carboxylic acid groups (broad SMARTS) is 1. The molecule has 0 fully saturated rings. The molecule has 4 nitrogen and oxygen atoms in total. The summed E-state index contributed by atoms with van der Waals surface area (Å²) in [5.74, 6) is -2.66. The highest BCUT2D eigenvalue weighted by atomic mass is 35.5. The topological polar surface area (TPSA) is 66.4 Å². The minimum Gasteiger partial charge on any atom is -0.479 e. The van der Waals surface area contributed by atoms with Crippen LogP contribution in [-0.4, -0.2) is 17.0 Å². The summed E-state index contributed by atoms with van der Waals surface area (Å²) in [7, 11) is 0. The van der Waals surface area contributed by atoms with Gasteiger partial charge in [0.25, 0.3) is 0 Å². The summed E-state index contributed by atoms with van der Waals surface area (Å²) in [4.78, 5) is 22.9. The van der Waals surface area contributed by atoms with E-state index in [1.54, 1.807) is 6.92 Å². The number of amides is 1. The second-order valence-electron chi connectivity index (χ2n) is 4.26. The van der Waals surface area contributed by atoms with Gasteiger partial charge in [0.1, 0.15) is 5.82 Å². The Bertz CT molecular complexity index is 493. The Labute approximate surface area is 115 Å². The Kier molecular flexibility index (Phi) is 5.30. The van der Waals surface area contributed by atoms with Crippen molar-refractivity contribution in [1.82, 2.24) is 5.32 Å². The molecule has 0 aromatic heterocycles. The number of aliphatic carboxylic acids is 1. The van der Waals surface area contributed by atoms with Crippen LogP contribution in [0.3, 0.4) is 0 Å². The number of nitrogens with one attached hydrogen (secondary N) is 1. The fourth-order valence-electron chi connectivity index (χ4n) is 1.45. The number of benzene rings is 1. The summed E-state index contributed by atoms with van der Waals surface area (Å²) in [6.45, 7) is 3.51. The molecule has 0 spiro atoms. The first-order valence-electron chi connectivity index (χ1n) is 5.85. The van der Waals surface area contributed by atoms with Gasteiger partial charge in [-0.15, -0.1) is 0 Å². The third-order valence-electron chi connectivity index (χ3n) is 2.87. The largest absolute Gasteiger partial charge is 0.479 e. The highest BCUT2D eigenvalue weighted by Gasteiger charge is 2.24. The van der Waals surface area contributed by atoms with Crippen LogP contribution in [0.5, 0.6) is 0 Å². The van der Waals surface area contributed by atoms with Gasteiger partial charge in [-0.05, 0) is 24.1 Å². The average molecular weight is 288 g/mol. The molecule has 2 atom stereocenters. The van der Waals surface area contributed by atoms with E-state index in [-0.39, 0.29) is 22.4 Å². The number of carboxylic acids is 1. The zero-order chi connectivity index (χ0) is 14.6. The first-order chi connectivity index (χ1) is 8.86. The van der Waals surface area contributed by atoms with Gasteiger partial charge in [-0.3, -0.25) is 4.79 Å². The molecule has 1 rings (SSSR count). The maximum Gasteiger partial charge on any atom is 0.330 e. The molecule has 2 N–H and O–H groups in total. The molecule has 1 amide bonds. The molecule has 0 radical (unpaired) electrons. The molecular formula is C13H15ClFNO3. The molecule has 0 aliphatic carbocycles. The molecule has 1 aromatic carbocycles. The maximum absolute atomic E-state index is 13.3. The average Bonchev–Trinajstić information content (AvgIpc) is 2.37. The summed E-state index contributed by atoms with van der Waals surface area (Å²) < 4.78 is 13.3. The predicted octanol–water partition coefficient (Wildman–Crippen LogP) is 2.77. The smallest absolute Gasteiger partial charge is 0.330 e. The summed E-state index contributed by atoms with van der Waals surface area (Å²) in [5.41, 5.74) is 0.144. The highest BCUT2D eigenvalue weighted by Crippen LogP contribution is 2.21. The predicted molar refractivity (Wildman–Crippen MR) is 69.4 cm³/mol. The summed E-state index contributed by atoms with van der Waals surface area (Å²) >= 11 is 5.53. The molecule has 19 heavy (non-hydrogen) atoms. The normalized spacial score (nSPS) is 13.7. The van der Waals surface area contributed by atoms with Crippen LogP contribution < -0.4 is 5.32 Å². The van der Waals surface area contributed by atoms with Gasteiger partial charge in [-0.2, -0.15) is 0 Å². The molecule has 0 saturated carbocycles. The van der Waals surface area contributed by atoms with E-state index < -0.39 is 17.8 Å². The van der Waals surface area contributed by atoms with Gasteiger partial charge in [-0.25, -0.2) is 9.18 Å². The molecule has 6 heteroatoms. The third-order valence-corrected chi connectivity index (χ3v) is 3.18. The maximum atomic E-state index is 13.3. The van der Waals surface area contributed by atoms with Gasteiger partial charge in [-0.1, -0.05) is 31.5 Å². The van der Waals surface area contributed by atoms with Crippen LogP contribution in [0, 0.1) is 11.7 Å². The van der Waals surface area contributed by atoms with E-state index in [9.17, 15) is 14.0 Å². The van der Waals surface area contributed by atoms with Gasteiger partial charge in [0.05, 0.1) is 5.02 Å². The van der Waals surface area contributed by atoms with Gasteiger partial charge >= 0.3 is 5.97 Å². The number of hydrogen-bond acceptors (Lipinski definition) is 2. The number of carbonyl (C=O) groups is 2. The lowest BCUT2D eigenvalue weighted by Crippen LogP contribution is -2.36. The second-order valence-corrected chi connectivity index (χ2v) is 4.67. The van der Waals surface area contributed by atoms with E-state index in [2.05, 4.69) is 5.32 Å². The van der Waals surface area contributed by atoms with E-state index in [1.807, 2.05) is 6.92 Å². The third kappa shape index (κ3) is 3.92. The molecule has 0 bridgehead atoms. The Morgan fingerprint density at radius 3 is 2.58 bits per heavy atom. The van der Waals surface area contributed by atoms with Crippen LogP contribution in [0.4, 0.5) is 4.39 Å². The number of hydrogen-bond donors (Lipinski definition) is 2. The summed E-state index contributed by atoms with van der Waals surface area (Å²) in [6, 6.07) is 2.37. The van der Waals surface area contributed by atoms with E-state index in [0.717, 1.165) is 6.07 Å². The SMILES string of the molecule is CCC(C)C(=O)NC(C(=O)O)c1ccc(Cl)c(F)c1. The van der Waals surface area contributed by atoms with Gasteiger partial charge < -0.3 is 10.4 Å². The van der Waals surface area contributed by atoms with Crippen LogP contribution in [0.1, 0.15) is 31.9 Å². The van der Waals surface area contributed by atoms with Gasteiger partial charge in [0.15, 0.2) is 6.04 Å². The molecule has 0 saturated heterocycles. The summed E-state index contributed by atoms with van der Waals surface area (Å²) in [6.07, 6.45) is 0.590. The second kappa shape index (κ2) is 6.52. The fraction of sp³-hybridized carbons (Fsp3) is 0.385. The van der Waals surface area contributed by atoms with E-state index in [0.29, 0.717) is 6.42 Å². The number of halogens is 2. The zero-order valence-corrected chi connectivity index (χ0v) is 11.4. The zero-order valence-electron chi connectivity index (χ0n) is 10.6. The molecule has 2 unspecified atom stereocenters. The minimum absolute atomic E-state index is 0.0962. The molecule has 0 heterocycles. The highest BCUT2D eigenvalue weighted by molar-refractivity contribution is 6.30. The standard InChI is InChI=1S/C13H15ClFNO3/c1-3-7(2)12(17)16-11(13(18)19)8-4-5-9(14)10(15)6-8/h4-7,11H,3H2,1-2H3,(H,16,17)(H,18,19). The van der Waals surface area contributed by atoms with E-state index in [1.165, 1.54) is 12.1 Å². The first-order valence-corrected chi connectivity index (χ1v) is 6.22. The van der Waals surface area contributed by atoms with Crippen molar-refractivity contribution in [3.63, 3.8) is 0 Å². The van der Waals surface area contributed by atoms with Crippen molar-refractivity contribution in [1.29, 1.82) is 0 Å². The molecule has 1 aromatic rings. The molecule has 0 aliphatic heterocycles. The van der Waals surface area contributed by atoms with Crippen LogP contribution in [-0.2, 0) is 9.59 Å². The van der Waals surface area contributed by atoms with Crippen LogP contribution in [0.25, 0.3) is 0 Å². The molecule has 104 valence electrons. The lowest BCUT2D eigenvalue weighted by atomic mass is 10.0. The fourth-order valence-corrected chi connectivity index (χ4v) is 1.57. The van der Waals surface area contributed by atoms with Crippen LogP contribution in [0.2, 0.25) is 5.02 Å². The lowest BCUT2D eigenvalue weighted by Gasteiger charge is -2.17. The Morgan fingerprint density at radius 1 is 1.47 bits per heavy atom. The van der Waals surface area contributed by atoms with E-state index >= 15 is 0 Å². The van der Waals surface area contributed by atoms with Crippen LogP contribution in [0.15, 0.2) is 18.2 Å². The van der Waals surface area contributed by atoms with Crippen molar-refractivity contribution in [3.8, 4) is 0 Å². The van der Waals surface area contributed by atoms with E-state index in [4.69, 9.17) is 16.7 Å². The van der Waals surface area contributed by atoms with Crippen molar-refractivity contribution in [2.24, 2.45) is 5.92 Å². The minimum atomic E-state index is -1.28. The summed E-state index contributed by atoms with van der Waals surface area (Å²) in [5, 5.41) is 11.4. The lowest BCUT2D eigenvalue weighted by molar-refractivity contribution is -0.142. The number of rotatable bonds is 5. The van der Waals surface area contributed by atoms with Crippen molar-refractivity contribution >= 4 is 23.5 Å².